The van der Waals surface area contributed by atoms with Crippen LogP contribution in [-0.4, -0.2) is 12.8 Å². The van der Waals surface area contributed by atoms with Crippen molar-refractivity contribution in [3.63, 3.8) is 0 Å². The summed E-state index contributed by atoms with van der Waals surface area (Å²) in [6, 6.07) is 8.45. The molecule has 0 unspecified atom stereocenters. The molecule has 1 aromatic carbocycles. The number of carbonyl (C=O) groups is 1. The highest BCUT2D eigenvalue weighted by atomic mass is 16.1. The van der Waals surface area contributed by atoms with Crippen LogP contribution in [0.4, 0.5) is 5.69 Å². The number of benzene rings is 1. The van der Waals surface area contributed by atoms with Gasteiger partial charge < -0.3 is 4.90 Å². The summed E-state index contributed by atoms with van der Waals surface area (Å²) in [6.07, 6.45) is 11.1. The molecule has 0 radical (unpaired) electrons. The number of ketones is 1. The van der Waals surface area contributed by atoms with Gasteiger partial charge in [0, 0.05) is 29.4 Å². The standard InChI is InChI=1S/C19H19NO/c1-19(2)15-9-5-6-10-16(15)20(3)18(19)13-12-14-8-4-7-11-17(14)21/h4-13H,1-3H3/b14-12-,18-13-. The van der Waals surface area contributed by atoms with Crippen molar-refractivity contribution >= 4 is 11.5 Å². The van der Waals surface area contributed by atoms with Crippen LogP contribution in [0.1, 0.15) is 19.4 Å². The molecule has 1 aliphatic carbocycles. The molecule has 106 valence electrons. The molecule has 0 spiro atoms. The van der Waals surface area contributed by atoms with Crippen molar-refractivity contribution in [2.24, 2.45) is 0 Å². The molecule has 0 aromatic heterocycles. The van der Waals surface area contributed by atoms with E-state index in [9.17, 15) is 4.79 Å². The van der Waals surface area contributed by atoms with Crippen molar-refractivity contribution in [3.8, 4) is 0 Å². The van der Waals surface area contributed by atoms with E-state index in [1.807, 2.05) is 18.2 Å². The number of rotatable bonds is 1. The van der Waals surface area contributed by atoms with Crippen molar-refractivity contribution in [1.82, 2.24) is 0 Å². The van der Waals surface area contributed by atoms with Gasteiger partial charge in [0.1, 0.15) is 0 Å². The molecule has 0 amide bonds. The Labute approximate surface area is 125 Å². The summed E-state index contributed by atoms with van der Waals surface area (Å²) in [6.45, 7) is 4.44. The van der Waals surface area contributed by atoms with Crippen LogP contribution >= 0.6 is 0 Å². The maximum absolute atomic E-state index is 11.8. The van der Waals surface area contributed by atoms with Gasteiger partial charge in [0.15, 0.2) is 5.78 Å². The molecule has 1 aromatic rings. The first-order chi connectivity index (χ1) is 10.0. The third-order valence-corrected chi connectivity index (χ3v) is 4.28. The van der Waals surface area contributed by atoms with Crippen LogP contribution in [-0.2, 0) is 10.2 Å². The molecule has 0 saturated heterocycles. The number of hydrogen-bond acceptors (Lipinski definition) is 2. The molecule has 2 aliphatic rings. The van der Waals surface area contributed by atoms with E-state index < -0.39 is 0 Å². The number of carbonyl (C=O) groups excluding carboxylic acids is 1. The Morgan fingerprint density at radius 1 is 1.05 bits per heavy atom. The molecule has 0 fully saturated rings. The molecule has 0 atom stereocenters. The van der Waals surface area contributed by atoms with E-state index >= 15 is 0 Å². The van der Waals surface area contributed by atoms with Crippen molar-refractivity contribution in [1.29, 1.82) is 0 Å². The van der Waals surface area contributed by atoms with E-state index in [4.69, 9.17) is 0 Å². The molecule has 3 rings (SSSR count). The summed E-state index contributed by atoms with van der Waals surface area (Å²) in [5, 5.41) is 0. The van der Waals surface area contributed by atoms with Crippen LogP contribution < -0.4 is 4.90 Å². The zero-order valence-corrected chi connectivity index (χ0v) is 12.6. The lowest BCUT2D eigenvalue weighted by Gasteiger charge is -2.23. The Kier molecular flexibility index (Phi) is 3.17. The van der Waals surface area contributed by atoms with Gasteiger partial charge in [-0.3, -0.25) is 4.79 Å². The van der Waals surface area contributed by atoms with Crippen LogP contribution in [0.25, 0.3) is 0 Å². The Balaban J connectivity index is 2.02. The van der Waals surface area contributed by atoms with Gasteiger partial charge in [-0.2, -0.15) is 0 Å². The summed E-state index contributed by atoms with van der Waals surface area (Å²) >= 11 is 0. The molecule has 0 saturated carbocycles. The zero-order chi connectivity index (χ0) is 15.0. The van der Waals surface area contributed by atoms with E-state index in [1.165, 1.54) is 16.9 Å². The van der Waals surface area contributed by atoms with E-state index in [0.717, 1.165) is 5.57 Å². The molecule has 1 aliphatic heterocycles. The highest BCUT2D eigenvalue weighted by Gasteiger charge is 2.37. The fourth-order valence-electron chi connectivity index (χ4n) is 3.09. The molecule has 2 nitrogen and oxygen atoms in total. The van der Waals surface area contributed by atoms with Gasteiger partial charge in [0.2, 0.25) is 0 Å². The highest BCUT2D eigenvalue weighted by molar-refractivity contribution is 6.07. The minimum Gasteiger partial charge on any atom is -0.347 e. The number of nitrogens with zero attached hydrogens (tertiary/aromatic N) is 1. The third kappa shape index (κ3) is 2.17. The molecular formula is C19H19NO. The van der Waals surface area contributed by atoms with Crippen molar-refractivity contribution in [3.05, 3.63) is 77.6 Å². The Morgan fingerprint density at radius 2 is 1.76 bits per heavy atom. The quantitative estimate of drug-likeness (QED) is 0.725. The van der Waals surface area contributed by atoms with Gasteiger partial charge in [0.25, 0.3) is 0 Å². The first kappa shape index (κ1) is 13.6. The first-order valence-electron chi connectivity index (χ1n) is 7.16. The molecule has 21 heavy (non-hydrogen) atoms. The number of fused-ring (bicyclic) bond motifs is 1. The number of para-hydroxylation sites is 1. The van der Waals surface area contributed by atoms with Crippen molar-refractivity contribution in [2.45, 2.75) is 19.3 Å². The van der Waals surface area contributed by atoms with E-state index in [-0.39, 0.29) is 11.2 Å². The van der Waals surface area contributed by atoms with Gasteiger partial charge in [-0.1, -0.05) is 50.3 Å². The maximum Gasteiger partial charge on any atom is 0.185 e. The van der Waals surface area contributed by atoms with Gasteiger partial charge in [-0.25, -0.2) is 0 Å². The largest absolute Gasteiger partial charge is 0.347 e. The summed E-state index contributed by atoms with van der Waals surface area (Å²) in [4.78, 5) is 14.0. The van der Waals surface area contributed by atoms with Gasteiger partial charge in [0.05, 0.1) is 0 Å². The van der Waals surface area contributed by atoms with Crippen LogP contribution in [0, 0.1) is 0 Å². The number of likely N-dealkylation sites (N-methyl/N-ethyl adjacent to an activating group) is 1. The predicted molar refractivity (Wildman–Crippen MR) is 87.3 cm³/mol. The van der Waals surface area contributed by atoms with Crippen molar-refractivity contribution < 1.29 is 4.79 Å². The van der Waals surface area contributed by atoms with E-state index in [1.54, 1.807) is 12.2 Å². The number of allylic oxidation sites excluding steroid dienone is 8. The summed E-state index contributed by atoms with van der Waals surface area (Å²) in [7, 11) is 2.08. The fourth-order valence-corrected chi connectivity index (χ4v) is 3.09. The second-order valence-corrected chi connectivity index (χ2v) is 5.96. The van der Waals surface area contributed by atoms with Crippen LogP contribution in [0.2, 0.25) is 0 Å². The van der Waals surface area contributed by atoms with Crippen LogP contribution in [0.15, 0.2) is 72.0 Å². The average molecular weight is 277 g/mol. The predicted octanol–water partition coefficient (Wildman–Crippen LogP) is 3.92. The molecule has 1 heterocycles. The lowest BCUT2D eigenvalue weighted by Crippen LogP contribution is -2.22. The Bertz CT molecular complexity index is 717. The summed E-state index contributed by atoms with van der Waals surface area (Å²) in [5.41, 5.74) is 4.43. The van der Waals surface area contributed by atoms with E-state index in [0.29, 0.717) is 0 Å². The second-order valence-electron chi connectivity index (χ2n) is 5.96. The summed E-state index contributed by atoms with van der Waals surface area (Å²) < 4.78 is 0. The van der Waals surface area contributed by atoms with Crippen molar-refractivity contribution in [2.75, 3.05) is 11.9 Å². The highest BCUT2D eigenvalue weighted by Crippen LogP contribution is 2.46. The minimum atomic E-state index is -0.0559. The molecule has 2 heteroatoms. The fraction of sp³-hybridized carbons (Fsp3) is 0.211. The first-order valence-corrected chi connectivity index (χ1v) is 7.16. The topological polar surface area (TPSA) is 20.3 Å². The number of anilines is 1. The molecular weight excluding hydrogens is 258 g/mol. The monoisotopic (exact) mass is 277 g/mol. The number of hydrogen-bond donors (Lipinski definition) is 0. The van der Waals surface area contributed by atoms with Crippen LogP contribution in [0.5, 0.6) is 0 Å². The van der Waals surface area contributed by atoms with Crippen LogP contribution in [0.3, 0.4) is 0 Å². The molecule has 0 bridgehead atoms. The zero-order valence-electron chi connectivity index (χ0n) is 12.6. The minimum absolute atomic E-state index is 0.0559. The Morgan fingerprint density at radius 3 is 2.48 bits per heavy atom. The van der Waals surface area contributed by atoms with E-state index in [2.05, 4.69) is 56.1 Å². The smallest absolute Gasteiger partial charge is 0.185 e. The molecule has 0 N–H and O–H groups in total. The lowest BCUT2D eigenvalue weighted by atomic mass is 9.83. The lowest BCUT2D eigenvalue weighted by molar-refractivity contribution is -0.111. The summed E-state index contributed by atoms with van der Waals surface area (Å²) in [5.74, 6) is 0.0605. The maximum atomic E-state index is 11.8. The Hall–Kier alpha value is -2.35. The SMILES string of the molecule is CN1/C(=C\C=C2\C=CC=CC2=O)C(C)(C)c2ccccc21. The van der Waals surface area contributed by atoms with Gasteiger partial charge >= 0.3 is 0 Å². The second kappa shape index (κ2) is 4.88. The van der Waals surface area contributed by atoms with Gasteiger partial charge in [-0.15, -0.1) is 0 Å². The average Bonchev–Trinajstić information content (AvgIpc) is 2.67. The van der Waals surface area contributed by atoms with Gasteiger partial charge in [-0.05, 0) is 29.9 Å². The third-order valence-electron chi connectivity index (χ3n) is 4.28. The normalized spacial score (nSPS) is 23.2.